The Bertz CT molecular complexity index is 617. The molecule has 0 aliphatic carbocycles. The predicted molar refractivity (Wildman–Crippen MR) is 210 cm³/mol. The van der Waals surface area contributed by atoms with Gasteiger partial charge in [0.25, 0.3) is 0 Å². The van der Waals surface area contributed by atoms with Gasteiger partial charge in [0.2, 0.25) is 0 Å². The fourth-order valence-electron chi connectivity index (χ4n) is 3.87. The molecule has 16 heteroatoms. The Kier molecular flexibility index (Phi) is 46.4. The summed E-state index contributed by atoms with van der Waals surface area (Å²) >= 11 is 0. The Labute approximate surface area is 282 Å². The molecule has 0 saturated carbocycles. The minimum atomic E-state index is -3.70. The Morgan fingerprint density at radius 2 is 1.30 bits per heavy atom. The van der Waals surface area contributed by atoms with Crippen LogP contribution in [0, 0.1) is 0 Å². The molecular formula is C27H86BN3O7Si5. The largest absolute Gasteiger partial charge is 0.493 e. The van der Waals surface area contributed by atoms with E-state index in [1.807, 2.05) is 45.8 Å². The van der Waals surface area contributed by atoms with Crippen LogP contribution in [0.1, 0.15) is 80.7 Å². The van der Waals surface area contributed by atoms with Gasteiger partial charge in [0, 0.05) is 26.2 Å². The molecular weight excluding hydrogens is 630 g/mol. The number of hydrogen-bond donors (Lipinski definition) is 4. The fraction of sp³-hybridized carbons (Fsp3) is 1.00. The third-order valence-corrected chi connectivity index (χ3v) is 20.7. The Morgan fingerprint density at radius 3 is 1.72 bits per heavy atom. The van der Waals surface area contributed by atoms with E-state index in [0.29, 0.717) is 38.9 Å². The van der Waals surface area contributed by atoms with Crippen molar-refractivity contribution < 1.29 is 30.8 Å². The molecule has 1 aliphatic rings. The number of nitrogens with one attached hydrogen (secondary N) is 1. The van der Waals surface area contributed by atoms with Crippen molar-refractivity contribution in [1.82, 2.24) is 10.2 Å². The van der Waals surface area contributed by atoms with Gasteiger partial charge in [-0.2, -0.15) is 0 Å². The minimum Gasteiger partial charge on any atom is -0.424 e. The molecule has 0 bridgehead atoms. The van der Waals surface area contributed by atoms with Crippen LogP contribution in [-0.4, -0.2) is 118 Å². The van der Waals surface area contributed by atoms with Gasteiger partial charge in [-0.25, -0.2) is 0 Å². The number of ether oxygens (including phenoxy) is 1. The number of rotatable bonds is 17. The van der Waals surface area contributed by atoms with Gasteiger partial charge in [-0.3, -0.25) is 4.90 Å². The number of morpholine rings is 1. The molecule has 1 fully saturated rings. The molecule has 0 aromatic rings. The number of hydrogen-bond acceptors (Lipinski definition) is 10. The monoisotopic (exact) mass is 717 g/mol. The van der Waals surface area contributed by atoms with E-state index in [2.05, 4.69) is 10.2 Å². The second kappa shape index (κ2) is 30.1. The topological polar surface area (TPSA) is 128 Å². The molecule has 43 heavy (non-hydrogen) atoms. The molecule has 0 amide bonds. The molecule has 2 atom stereocenters. The number of nitrogens with two attached hydrogens (primary N) is 1. The van der Waals surface area contributed by atoms with Crippen LogP contribution in [0.15, 0.2) is 0 Å². The van der Waals surface area contributed by atoms with Crippen molar-refractivity contribution in [2.45, 2.75) is 133 Å². The summed E-state index contributed by atoms with van der Waals surface area (Å²) in [6, 6.07) is 0.686. The van der Waals surface area contributed by atoms with Gasteiger partial charge >= 0.3 is 34.5 Å². The maximum atomic E-state index is 11.6. The summed E-state index contributed by atoms with van der Waals surface area (Å²) in [7, 11) is -8.52. The zero-order valence-electron chi connectivity index (χ0n) is 22.6. The molecule has 0 spiro atoms. The van der Waals surface area contributed by atoms with E-state index in [0.717, 1.165) is 19.5 Å². The lowest BCUT2D eigenvalue weighted by molar-refractivity contribution is 0.0375. The first kappa shape index (κ1) is 66.2. The Morgan fingerprint density at radius 1 is 0.814 bits per heavy atom. The van der Waals surface area contributed by atoms with Gasteiger partial charge in [-0.05, 0) is 51.7 Å². The summed E-state index contributed by atoms with van der Waals surface area (Å²) in [6.07, 6.45) is 1.10. The lowest BCUT2D eigenvalue weighted by atomic mass is 10.5. The smallest absolute Gasteiger partial charge is 0.424 e. The van der Waals surface area contributed by atoms with E-state index in [4.69, 9.17) is 40.6 Å². The van der Waals surface area contributed by atoms with Crippen LogP contribution in [-0.2, 0) is 21.2 Å². The fourth-order valence-corrected chi connectivity index (χ4v) is 23.2. The van der Waals surface area contributed by atoms with E-state index in [1.54, 1.807) is 0 Å². The van der Waals surface area contributed by atoms with Crippen molar-refractivity contribution in [3.05, 3.63) is 0 Å². The first-order chi connectivity index (χ1) is 15.5. The van der Waals surface area contributed by atoms with Crippen molar-refractivity contribution in [3.8, 4) is 0 Å². The van der Waals surface area contributed by atoms with Crippen molar-refractivity contribution >= 4 is 50.1 Å². The summed E-state index contributed by atoms with van der Waals surface area (Å²) in [5.74, 6) is 0. The first-order valence-electron chi connectivity index (χ1n) is 12.1. The van der Waals surface area contributed by atoms with Crippen molar-refractivity contribution in [2.75, 3.05) is 52.1 Å². The Balaban J connectivity index is -0.000000144. The van der Waals surface area contributed by atoms with Gasteiger partial charge in [0.15, 0.2) is 1.43 Å². The molecule has 1 rings (SSSR count). The van der Waals surface area contributed by atoms with Crippen LogP contribution in [0.25, 0.3) is 0 Å². The molecule has 274 valence electrons. The third kappa shape index (κ3) is 33.9. The molecule has 1 aliphatic heterocycles. The summed E-state index contributed by atoms with van der Waals surface area (Å²) in [5.41, 5.74) is 5.56. The van der Waals surface area contributed by atoms with Gasteiger partial charge in [0.05, 0.1) is 26.8 Å². The van der Waals surface area contributed by atoms with E-state index < -0.39 is 42.7 Å². The second-order valence-electron chi connectivity index (χ2n) is 10.2. The lowest BCUT2D eigenvalue weighted by Gasteiger charge is -2.43. The average molecular weight is 717 g/mol. The normalized spacial score (nSPS) is 16.0. The lowest BCUT2D eigenvalue weighted by Crippen LogP contribution is -2.65. The summed E-state index contributed by atoms with van der Waals surface area (Å²) in [5, 5.41) is 3.29. The van der Waals surface area contributed by atoms with Crippen LogP contribution in [0.3, 0.4) is 0 Å². The van der Waals surface area contributed by atoms with Crippen LogP contribution >= 0.6 is 0 Å². The maximum absolute atomic E-state index is 11.6. The van der Waals surface area contributed by atoms with Crippen molar-refractivity contribution in [1.29, 1.82) is 1.43 Å². The molecule has 2 radical (unpaired) electrons. The van der Waals surface area contributed by atoms with Crippen LogP contribution in [0.4, 0.5) is 0 Å². The highest BCUT2D eigenvalue weighted by Crippen LogP contribution is 2.28. The highest BCUT2D eigenvalue weighted by molar-refractivity contribution is 7.14. The summed E-state index contributed by atoms with van der Waals surface area (Å²) in [6.45, 7) is 17.8. The average Bonchev–Trinajstić information content (AvgIpc) is 2.65. The molecule has 10 nitrogen and oxygen atoms in total. The van der Waals surface area contributed by atoms with Gasteiger partial charge < -0.3 is 41.8 Å². The zero-order chi connectivity index (χ0) is 26.1. The zero-order valence-corrected chi connectivity index (χ0v) is 26.6. The van der Waals surface area contributed by atoms with Gasteiger partial charge in [-0.1, -0.05) is 87.4 Å². The van der Waals surface area contributed by atoms with Crippen molar-refractivity contribution in [3.63, 3.8) is 0 Å². The highest BCUT2D eigenvalue weighted by Gasteiger charge is 2.51. The quantitative estimate of drug-likeness (QED) is 0.0980. The highest BCUT2D eigenvalue weighted by atomic mass is 28.5. The standard InChI is InChI=1S/C17H46BN3O7Si5.10CH4/c1-29(2,18)25-33(23,17-21-12-14-24-15-13-21)28-31(5,6)27-32(7,26-30(3,4)22)16-8-10-20-11-9-19;;;;;;;;;;/h20,22-23H,8-17,19H2,1-7H3;10*1H4/i22D;;;;;;;;;;. The van der Waals surface area contributed by atoms with E-state index in [1.165, 1.54) is 0 Å². The summed E-state index contributed by atoms with van der Waals surface area (Å²) in [4.78, 5) is 18.6. The maximum Gasteiger partial charge on any atom is 0.493 e. The molecule has 1 saturated heterocycles. The molecule has 5 N–H and O–H groups in total. The predicted octanol–water partition coefficient (Wildman–Crippen LogP) is 6.49. The summed E-state index contributed by atoms with van der Waals surface area (Å²) < 4.78 is 38.4. The van der Waals surface area contributed by atoms with Gasteiger partial charge in [0.1, 0.15) is 8.19 Å². The third-order valence-electron chi connectivity index (χ3n) is 4.58. The number of nitrogens with zero attached hydrogens (tertiary/aromatic N) is 1. The Hall–Kier alpha value is 0.749. The minimum absolute atomic E-state index is 0. The first-order valence-corrected chi connectivity index (χ1v) is 24.8. The van der Waals surface area contributed by atoms with E-state index in [-0.39, 0.29) is 80.4 Å². The van der Waals surface area contributed by atoms with Crippen LogP contribution in [0.2, 0.25) is 51.9 Å². The van der Waals surface area contributed by atoms with Crippen molar-refractivity contribution in [2.24, 2.45) is 5.73 Å². The molecule has 1 heterocycles. The molecule has 0 aromatic heterocycles. The van der Waals surface area contributed by atoms with Gasteiger partial charge in [-0.15, -0.1) is 0 Å². The van der Waals surface area contributed by atoms with Crippen LogP contribution in [0.5, 0.6) is 0 Å². The SMILES string of the molecule is C.C.C.C.C.C.C.C.C.C.[2H]O[Si](C)(C)O[Si](C)(CCCNCCN)O[Si](C)(C)O[Si](O)(CN1CCOCC1)O[Si]([B])(C)C. The molecule has 2 unspecified atom stereocenters. The second-order valence-corrected chi connectivity index (χ2v) is 26.8. The van der Waals surface area contributed by atoms with E-state index >= 15 is 0 Å². The van der Waals surface area contributed by atoms with Crippen LogP contribution < -0.4 is 11.1 Å². The molecule has 0 aromatic carbocycles. The van der Waals surface area contributed by atoms with E-state index in [9.17, 15) is 4.80 Å².